The van der Waals surface area contributed by atoms with Gasteiger partial charge in [-0.15, -0.1) is 0 Å². The summed E-state index contributed by atoms with van der Waals surface area (Å²) in [4.78, 5) is 43.5. The van der Waals surface area contributed by atoms with Crippen LogP contribution < -0.4 is 0 Å². The summed E-state index contributed by atoms with van der Waals surface area (Å²) in [7, 11) is 0. The maximum absolute atomic E-state index is 12.1. The van der Waals surface area contributed by atoms with Crippen LogP contribution in [-0.2, 0) is 28.6 Å². The smallest absolute Gasteiger partial charge is 0.248 e. The van der Waals surface area contributed by atoms with Gasteiger partial charge >= 0.3 is 0 Å². The summed E-state index contributed by atoms with van der Waals surface area (Å²) in [5.74, 6) is -0.0610. The molecule has 34 heavy (non-hydrogen) atoms. The van der Waals surface area contributed by atoms with Gasteiger partial charge in [0.05, 0.1) is 19.8 Å². The van der Waals surface area contributed by atoms with E-state index in [2.05, 4.69) is 4.90 Å². The Morgan fingerprint density at radius 1 is 0.471 bits per heavy atom. The monoisotopic (exact) mass is 488 g/mol. The molecule has 0 atom stereocenters. The average Bonchev–Trinajstić information content (AvgIpc) is 2.83. The van der Waals surface area contributed by atoms with Gasteiger partial charge in [0.15, 0.2) is 0 Å². The highest BCUT2D eigenvalue weighted by Gasteiger charge is 2.13. The number of carbonyl (C=O) groups is 3. The van der Waals surface area contributed by atoms with Crippen LogP contribution in [0, 0.1) is 0 Å². The van der Waals surface area contributed by atoms with E-state index in [9.17, 15) is 14.4 Å². The molecule has 0 bridgehead atoms. The van der Waals surface area contributed by atoms with Gasteiger partial charge in [0.1, 0.15) is 19.8 Å². The van der Waals surface area contributed by atoms with Gasteiger partial charge < -0.3 is 28.9 Å². The van der Waals surface area contributed by atoms with Gasteiger partial charge in [-0.2, -0.15) is 0 Å². The molecule has 0 aromatic carbocycles. The molecule has 0 aromatic heterocycles. The van der Waals surface area contributed by atoms with Gasteiger partial charge in [0.2, 0.25) is 17.7 Å². The Morgan fingerprint density at radius 2 is 0.706 bits per heavy atom. The normalized spacial score (nSPS) is 11.0. The van der Waals surface area contributed by atoms with Gasteiger partial charge in [0, 0.05) is 58.9 Å². The van der Waals surface area contributed by atoms with Gasteiger partial charge in [-0.25, -0.2) is 0 Å². The lowest BCUT2D eigenvalue weighted by atomic mass is 10.4. The molecule has 0 saturated carbocycles. The summed E-state index contributed by atoms with van der Waals surface area (Å²) >= 11 is 0. The SMILES string of the molecule is CCN(CC)C(=O)COCCN(CCOCC(=O)N(CC)CC)CCOCC(=O)N(CC)CC. The standard InChI is InChI=1S/C24H48N4O6/c1-7-26(8-2)22(29)19-32-16-13-25(14-17-33-20-23(30)27(9-3)10-4)15-18-34-21-24(31)28(11-5)12-6/h7-21H2,1-6H3. The summed E-state index contributed by atoms with van der Waals surface area (Å²) in [6.07, 6.45) is 0. The maximum atomic E-state index is 12.1. The van der Waals surface area contributed by atoms with E-state index < -0.39 is 0 Å². The van der Waals surface area contributed by atoms with Gasteiger partial charge in [-0.3, -0.25) is 19.3 Å². The summed E-state index contributed by atoms with van der Waals surface area (Å²) in [5, 5.41) is 0. The molecule has 0 heterocycles. The highest BCUT2D eigenvalue weighted by Crippen LogP contribution is 1.96. The van der Waals surface area contributed by atoms with Crippen LogP contribution in [0.5, 0.6) is 0 Å². The number of hydrogen-bond donors (Lipinski definition) is 0. The fraction of sp³-hybridized carbons (Fsp3) is 0.875. The third-order valence-corrected chi connectivity index (χ3v) is 5.68. The van der Waals surface area contributed by atoms with Crippen molar-refractivity contribution in [2.75, 3.05) is 98.5 Å². The van der Waals surface area contributed by atoms with E-state index in [1.165, 1.54) is 0 Å². The minimum absolute atomic E-state index is 0.0203. The molecule has 0 aliphatic carbocycles. The fourth-order valence-electron chi connectivity index (χ4n) is 3.40. The molecular formula is C24H48N4O6. The van der Waals surface area contributed by atoms with E-state index in [1.54, 1.807) is 14.7 Å². The minimum Gasteiger partial charge on any atom is -0.370 e. The first kappa shape index (κ1) is 32.2. The van der Waals surface area contributed by atoms with Crippen molar-refractivity contribution < 1.29 is 28.6 Å². The summed E-state index contributed by atoms with van der Waals surface area (Å²) in [6, 6.07) is 0. The zero-order chi connectivity index (χ0) is 25.8. The predicted octanol–water partition coefficient (Wildman–Crippen LogP) is 0.943. The first-order chi connectivity index (χ1) is 16.4. The lowest BCUT2D eigenvalue weighted by molar-refractivity contribution is -0.136. The summed E-state index contributed by atoms with van der Waals surface area (Å²) in [5.41, 5.74) is 0. The molecule has 0 aliphatic heterocycles. The Hall–Kier alpha value is -1.75. The molecule has 0 rings (SSSR count). The Labute approximate surface area is 206 Å². The van der Waals surface area contributed by atoms with Gasteiger partial charge in [-0.1, -0.05) is 0 Å². The highest BCUT2D eigenvalue weighted by atomic mass is 16.5. The highest BCUT2D eigenvalue weighted by molar-refractivity contribution is 5.78. The van der Waals surface area contributed by atoms with E-state index in [1.807, 2.05) is 41.5 Å². The third kappa shape index (κ3) is 13.8. The van der Waals surface area contributed by atoms with Crippen molar-refractivity contribution in [1.82, 2.24) is 19.6 Å². The Kier molecular flexibility index (Phi) is 19.5. The molecule has 0 aromatic rings. The van der Waals surface area contributed by atoms with Crippen LogP contribution in [0.15, 0.2) is 0 Å². The number of amides is 3. The van der Waals surface area contributed by atoms with E-state index in [4.69, 9.17) is 14.2 Å². The van der Waals surface area contributed by atoms with Crippen molar-refractivity contribution in [2.45, 2.75) is 41.5 Å². The molecule has 200 valence electrons. The zero-order valence-electron chi connectivity index (χ0n) is 22.3. The average molecular weight is 489 g/mol. The number of hydrogen-bond acceptors (Lipinski definition) is 7. The first-order valence-electron chi connectivity index (χ1n) is 12.7. The second-order valence-electron chi connectivity index (χ2n) is 7.70. The van der Waals surface area contributed by atoms with E-state index in [0.717, 1.165) is 0 Å². The van der Waals surface area contributed by atoms with Crippen molar-refractivity contribution in [2.24, 2.45) is 0 Å². The molecule has 0 fully saturated rings. The second kappa shape index (κ2) is 20.6. The summed E-state index contributed by atoms with van der Waals surface area (Å²) in [6.45, 7) is 18.8. The van der Waals surface area contributed by atoms with E-state index in [-0.39, 0.29) is 37.5 Å². The number of likely N-dealkylation sites (N-methyl/N-ethyl adjacent to an activating group) is 3. The number of carbonyl (C=O) groups excluding carboxylic acids is 3. The zero-order valence-corrected chi connectivity index (χ0v) is 22.3. The largest absolute Gasteiger partial charge is 0.370 e. The molecule has 10 heteroatoms. The lowest BCUT2D eigenvalue weighted by Crippen LogP contribution is -2.38. The summed E-state index contributed by atoms with van der Waals surface area (Å²) < 4.78 is 16.8. The topological polar surface area (TPSA) is 91.9 Å². The molecule has 0 aliphatic rings. The van der Waals surface area contributed by atoms with Crippen LogP contribution in [0.3, 0.4) is 0 Å². The molecule has 0 spiro atoms. The first-order valence-corrected chi connectivity index (χ1v) is 12.7. The van der Waals surface area contributed by atoms with Crippen molar-refractivity contribution in [3.63, 3.8) is 0 Å². The molecule has 0 saturated heterocycles. The van der Waals surface area contributed by atoms with Crippen molar-refractivity contribution >= 4 is 17.7 Å². The number of nitrogens with zero attached hydrogens (tertiary/aromatic N) is 4. The predicted molar refractivity (Wildman–Crippen MR) is 133 cm³/mol. The van der Waals surface area contributed by atoms with Crippen molar-refractivity contribution in [3.05, 3.63) is 0 Å². The lowest BCUT2D eigenvalue weighted by Gasteiger charge is -2.24. The fourth-order valence-corrected chi connectivity index (χ4v) is 3.40. The van der Waals surface area contributed by atoms with Crippen LogP contribution in [-0.4, -0.2) is 136 Å². The van der Waals surface area contributed by atoms with Crippen molar-refractivity contribution in [1.29, 1.82) is 0 Å². The molecule has 0 radical (unpaired) electrons. The molecule has 0 unspecified atom stereocenters. The molecule has 3 amide bonds. The van der Waals surface area contributed by atoms with Crippen LogP contribution in [0.4, 0.5) is 0 Å². The molecule has 0 N–H and O–H groups in total. The van der Waals surface area contributed by atoms with Crippen LogP contribution >= 0.6 is 0 Å². The minimum atomic E-state index is -0.0203. The van der Waals surface area contributed by atoms with Crippen molar-refractivity contribution in [3.8, 4) is 0 Å². The van der Waals surface area contributed by atoms with Gasteiger partial charge in [-0.05, 0) is 41.5 Å². The second-order valence-corrected chi connectivity index (χ2v) is 7.70. The molecule has 10 nitrogen and oxygen atoms in total. The van der Waals surface area contributed by atoms with E-state index in [0.29, 0.717) is 78.7 Å². The Balaban J connectivity index is 4.51. The molecular weight excluding hydrogens is 440 g/mol. The number of ether oxygens (including phenoxy) is 3. The van der Waals surface area contributed by atoms with E-state index >= 15 is 0 Å². The van der Waals surface area contributed by atoms with Crippen LogP contribution in [0.25, 0.3) is 0 Å². The number of rotatable bonds is 21. The third-order valence-electron chi connectivity index (χ3n) is 5.68. The van der Waals surface area contributed by atoms with Crippen LogP contribution in [0.2, 0.25) is 0 Å². The van der Waals surface area contributed by atoms with Crippen LogP contribution in [0.1, 0.15) is 41.5 Å². The quantitative estimate of drug-likeness (QED) is 0.222. The van der Waals surface area contributed by atoms with Gasteiger partial charge in [0.25, 0.3) is 0 Å². The maximum Gasteiger partial charge on any atom is 0.248 e. The Bertz CT molecular complexity index is 476. The Morgan fingerprint density at radius 3 is 0.912 bits per heavy atom.